The van der Waals surface area contributed by atoms with Gasteiger partial charge in [-0.2, -0.15) is 0 Å². The van der Waals surface area contributed by atoms with E-state index < -0.39 is 4.92 Å². The Bertz CT molecular complexity index is 872. The van der Waals surface area contributed by atoms with Crippen molar-refractivity contribution in [3.8, 4) is 0 Å². The zero-order valence-corrected chi connectivity index (χ0v) is 18.5. The summed E-state index contributed by atoms with van der Waals surface area (Å²) in [6.45, 7) is 4.86. The Morgan fingerprint density at radius 3 is 2.72 bits per heavy atom. The topological polar surface area (TPSA) is 108 Å². The number of nitrogens with zero attached hydrogens (tertiary/aromatic N) is 4. The minimum absolute atomic E-state index is 0.0376. The second kappa shape index (κ2) is 9.83. The minimum Gasteiger partial charge on any atom is -0.383 e. The third kappa shape index (κ3) is 4.71. The predicted octanol–water partition coefficient (Wildman–Crippen LogP) is 0.643. The summed E-state index contributed by atoms with van der Waals surface area (Å²) in [6.07, 6.45) is 2.56. The van der Waals surface area contributed by atoms with Crippen molar-refractivity contribution >= 4 is 23.2 Å². The van der Waals surface area contributed by atoms with Crippen molar-refractivity contribution < 1.29 is 19.2 Å². The molecule has 4 rings (SSSR count). The van der Waals surface area contributed by atoms with E-state index in [0.29, 0.717) is 45.8 Å². The molecular weight excluding hydrogens is 414 g/mol. The number of rotatable bonds is 7. The molecule has 10 heteroatoms. The molecule has 0 bridgehead atoms. The standard InChI is InChI=1S/C22H31N5O5/c1-32-11-6-23-22(29)18-13-16-12-17(27(30)31)4-5-19(16)26-10-9-24(14-20(18)26)15-21(28)25-7-2-3-8-25/h4-5,12,18,20H,2-3,6-11,13-15H2,1H3,(H,23,29)/t18-,20-/m0/s1. The molecule has 3 aliphatic rings. The van der Waals surface area contributed by atoms with Crippen LogP contribution in [-0.4, -0.2) is 92.1 Å². The van der Waals surface area contributed by atoms with E-state index in [1.165, 1.54) is 6.07 Å². The van der Waals surface area contributed by atoms with Gasteiger partial charge in [0.2, 0.25) is 11.8 Å². The summed E-state index contributed by atoms with van der Waals surface area (Å²) in [5.41, 5.74) is 1.81. The first-order valence-corrected chi connectivity index (χ1v) is 11.3. The molecule has 1 aromatic rings. The van der Waals surface area contributed by atoms with E-state index >= 15 is 0 Å². The number of benzene rings is 1. The SMILES string of the molecule is COCCNC(=O)[C@H]1Cc2cc([N+](=O)[O-])ccc2N2CCN(CC(=O)N3CCCC3)C[C@@H]12. The second-order valence-corrected chi connectivity index (χ2v) is 8.75. The summed E-state index contributed by atoms with van der Waals surface area (Å²) < 4.78 is 5.04. The molecule has 32 heavy (non-hydrogen) atoms. The predicted molar refractivity (Wildman–Crippen MR) is 119 cm³/mol. The van der Waals surface area contributed by atoms with Crippen LogP contribution in [0, 0.1) is 16.0 Å². The van der Waals surface area contributed by atoms with Crippen molar-refractivity contribution in [2.24, 2.45) is 5.92 Å². The fourth-order valence-electron chi connectivity index (χ4n) is 5.09. The van der Waals surface area contributed by atoms with E-state index in [-0.39, 0.29) is 29.5 Å². The molecule has 174 valence electrons. The van der Waals surface area contributed by atoms with Gasteiger partial charge in [-0.15, -0.1) is 0 Å². The quantitative estimate of drug-likeness (QED) is 0.373. The largest absolute Gasteiger partial charge is 0.383 e. The number of nitrogens with one attached hydrogen (secondary N) is 1. The van der Waals surface area contributed by atoms with Crippen LogP contribution in [0.15, 0.2) is 18.2 Å². The lowest BCUT2D eigenvalue weighted by molar-refractivity contribution is -0.384. The maximum absolute atomic E-state index is 13.1. The van der Waals surface area contributed by atoms with Crippen LogP contribution < -0.4 is 10.2 Å². The summed E-state index contributed by atoms with van der Waals surface area (Å²) in [5.74, 6) is -0.281. The molecule has 1 N–H and O–H groups in total. The molecular formula is C22H31N5O5. The number of amides is 2. The number of ether oxygens (including phenoxy) is 1. The number of anilines is 1. The number of non-ortho nitro benzene ring substituents is 1. The molecule has 2 amide bonds. The number of hydrogen-bond acceptors (Lipinski definition) is 7. The molecule has 2 saturated heterocycles. The molecule has 0 spiro atoms. The highest BCUT2D eigenvalue weighted by atomic mass is 16.6. The van der Waals surface area contributed by atoms with E-state index in [1.54, 1.807) is 19.2 Å². The Balaban J connectivity index is 1.54. The minimum atomic E-state index is -0.401. The fourth-order valence-corrected chi connectivity index (χ4v) is 5.09. The van der Waals surface area contributed by atoms with Gasteiger partial charge >= 0.3 is 0 Å². The average molecular weight is 446 g/mol. The van der Waals surface area contributed by atoms with Crippen molar-refractivity contribution in [2.45, 2.75) is 25.3 Å². The molecule has 10 nitrogen and oxygen atoms in total. The highest BCUT2D eigenvalue weighted by Gasteiger charge is 2.42. The molecule has 2 atom stereocenters. The highest BCUT2D eigenvalue weighted by Crippen LogP contribution is 2.37. The Morgan fingerprint density at radius 2 is 2.00 bits per heavy atom. The van der Waals surface area contributed by atoms with Crippen molar-refractivity contribution in [3.05, 3.63) is 33.9 Å². The lowest BCUT2D eigenvalue weighted by atomic mass is 9.83. The van der Waals surface area contributed by atoms with Gasteiger partial charge in [0, 0.05) is 64.2 Å². The van der Waals surface area contributed by atoms with Crippen LogP contribution in [0.25, 0.3) is 0 Å². The first-order chi connectivity index (χ1) is 15.5. The zero-order chi connectivity index (χ0) is 22.7. The molecule has 3 heterocycles. The number of methoxy groups -OCH3 is 1. The Hall–Kier alpha value is -2.72. The van der Waals surface area contributed by atoms with Gasteiger partial charge in [0.15, 0.2) is 0 Å². The molecule has 2 fully saturated rings. The Labute approximate surface area is 187 Å². The number of nitro benzene ring substituents is 1. The van der Waals surface area contributed by atoms with E-state index in [9.17, 15) is 19.7 Å². The molecule has 0 aliphatic carbocycles. The van der Waals surface area contributed by atoms with Gasteiger partial charge in [-0.1, -0.05) is 0 Å². The smallest absolute Gasteiger partial charge is 0.269 e. The fraction of sp³-hybridized carbons (Fsp3) is 0.636. The van der Waals surface area contributed by atoms with Gasteiger partial charge < -0.3 is 19.9 Å². The van der Waals surface area contributed by atoms with Crippen molar-refractivity contribution in [2.75, 3.05) is 64.4 Å². The van der Waals surface area contributed by atoms with Crippen LogP contribution in [0.4, 0.5) is 11.4 Å². The summed E-state index contributed by atoms with van der Waals surface area (Å²) in [5, 5.41) is 14.2. The van der Waals surface area contributed by atoms with E-state index in [0.717, 1.165) is 37.2 Å². The number of carbonyl (C=O) groups is 2. The molecule has 0 radical (unpaired) electrons. The summed E-state index contributed by atoms with van der Waals surface area (Å²) in [6, 6.07) is 4.82. The van der Waals surface area contributed by atoms with Crippen LogP contribution >= 0.6 is 0 Å². The van der Waals surface area contributed by atoms with E-state index in [2.05, 4.69) is 15.1 Å². The molecule has 0 saturated carbocycles. The van der Waals surface area contributed by atoms with Crippen molar-refractivity contribution in [1.82, 2.24) is 15.1 Å². The maximum Gasteiger partial charge on any atom is 0.269 e. The Kier molecular flexibility index (Phi) is 6.90. The van der Waals surface area contributed by atoms with Crippen LogP contribution in [0.2, 0.25) is 0 Å². The van der Waals surface area contributed by atoms with Crippen LogP contribution in [0.1, 0.15) is 18.4 Å². The van der Waals surface area contributed by atoms with Crippen LogP contribution in [-0.2, 0) is 20.7 Å². The number of fused-ring (bicyclic) bond motifs is 3. The molecule has 1 aromatic carbocycles. The van der Waals surface area contributed by atoms with Crippen LogP contribution in [0.5, 0.6) is 0 Å². The Morgan fingerprint density at radius 1 is 1.22 bits per heavy atom. The number of piperazine rings is 1. The average Bonchev–Trinajstić information content (AvgIpc) is 3.33. The van der Waals surface area contributed by atoms with Gasteiger partial charge in [0.25, 0.3) is 5.69 Å². The molecule has 3 aliphatic heterocycles. The lowest BCUT2D eigenvalue weighted by Gasteiger charge is -2.49. The van der Waals surface area contributed by atoms with Crippen LogP contribution in [0.3, 0.4) is 0 Å². The summed E-state index contributed by atoms with van der Waals surface area (Å²) in [4.78, 5) is 42.9. The van der Waals surface area contributed by atoms with Gasteiger partial charge in [0.05, 0.1) is 30.0 Å². The first-order valence-electron chi connectivity index (χ1n) is 11.3. The van der Waals surface area contributed by atoms with Gasteiger partial charge in [0.1, 0.15) is 0 Å². The third-order valence-corrected chi connectivity index (χ3v) is 6.75. The van der Waals surface area contributed by atoms with Crippen molar-refractivity contribution in [1.29, 1.82) is 0 Å². The van der Waals surface area contributed by atoms with Gasteiger partial charge in [-0.25, -0.2) is 0 Å². The van der Waals surface area contributed by atoms with Crippen molar-refractivity contribution in [3.63, 3.8) is 0 Å². The molecule has 0 unspecified atom stereocenters. The number of hydrogen-bond donors (Lipinski definition) is 1. The zero-order valence-electron chi connectivity index (χ0n) is 18.5. The maximum atomic E-state index is 13.1. The van der Waals surface area contributed by atoms with Gasteiger partial charge in [-0.05, 0) is 30.9 Å². The van der Waals surface area contributed by atoms with E-state index in [4.69, 9.17) is 4.74 Å². The number of carbonyl (C=O) groups excluding carboxylic acids is 2. The normalized spacial score (nSPS) is 22.9. The summed E-state index contributed by atoms with van der Waals surface area (Å²) >= 11 is 0. The number of likely N-dealkylation sites (tertiary alicyclic amines) is 1. The third-order valence-electron chi connectivity index (χ3n) is 6.75. The second-order valence-electron chi connectivity index (χ2n) is 8.75. The highest BCUT2D eigenvalue weighted by molar-refractivity contribution is 5.82. The summed E-state index contributed by atoms with van der Waals surface area (Å²) in [7, 11) is 1.58. The lowest BCUT2D eigenvalue weighted by Crippen LogP contribution is -2.62. The van der Waals surface area contributed by atoms with E-state index in [1.807, 2.05) is 4.90 Å². The first kappa shape index (κ1) is 22.5. The number of nitro groups is 1. The van der Waals surface area contributed by atoms with Gasteiger partial charge in [-0.3, -0.25) is 24.6 Å². The monoisotopic (exact) mass is 445 g/mol. The molecule has 0 aromatic heterocycles.